The zero-order valence-corrected chi connectivity index (χ0v) is 16.5. The Balaban J connectivity index is 2.30. The molecule has 0 fully saturated rings. The Hall–Kier alpha value is -2.52. The van der Waals surface area contributed by atoms with Gasteiger partial charge in [-0.05, 0) is 40.0 Å². The second kappa shape index (κ2) is 9.83. The molecule has 0 radical (unpaired) electrons. The number of ether oxygens (including phenoxy) is 2. The molecule has 0 aliphatic rings. The predicted molar refractivity (Wildman–Crippen MR) is 103 cm³/mol. The molecule has 2 aromatic carbocycles. The monoisotopic (exact) mass is 416 g/mol. The van der Waals surface area contributed by atoms with Crippen molar-refractivity contribution in [1.82, 2.24) is 4.90 Å². The minimum atomic E-state index is -0.239. The highest BCUT2D eigenvalue weighted by Gasteiger charge is 2.20. The lowest BCUT2D eigenvalue weighted by atomic mass is 10.1. The average Bonchev–Trinajstić information content (AvgIpc) is 2.66. The number of benzene rings is 2. The number of hydrogen-bond acceptors (Lipinski definition) is 4. The van der Waals surface area contributed by atoms with Crippen LogP contribution in [0.4, 0.5) is 0 Å². The second-order valence-electron chi connectivity index (χ2n) is 5.64. The molecule has 2 rings (SSSR count). The first-order valence-electron chi connectivity index (χ1n) is 8.31. The van der Waals surface area contributed by atoms with Crippen LogP contribution in [0.15, 0.2) is 46.9 Å². The molecule has 0 aliphatic carbocycles. The van der Waals surface area contributed by atoms with Crippen molar-refractivity contribution in [2.75, 3.05) is 20.3 Å². The van der Waals surface area contributed by atoms with Gasteiger partial charge in [-0.15, -0.1) is 0 Å². The fourth-order valence-corrected chi connectivity index (χ4v) is 3.02. The van der Waals surface area contributed by atoms with Crippen molar-refractivity contribution in [3.63, 3.8) is 0 Å². The van der Waals surface area contributed by atoms with Crippen LogP contribution < -0.4 is 9.47 Å². The Morgan fingerprint density at radius 3 is 2.62 bits per heavy atom. The molecule has 1 amide bonds. The van der Waals surface area contributed by atoms with Crippen molar-refractivity contribution in [3.8, 4) is 17.6 Å². The molecule has 5 nitrogen and oxygen atoms in total. The average molecular weight is 417 g/mol. The molecule has 0 unspecified atom stereocenters. The predicted octanol–water partition coefficient (Wildman–Crippen LogP) is 4.41. The summed E-state index contributed by atoms with van der Waals surface area (Å²) in [6, 6.07) is 15.0. The van der Waals surface area contributed by atoms with Gasteiger partial charge in [0, 0.05) is 12.1 Å². The number of rotatable bonds is 8. The number of amides is 1. The summed E-state index contributed by atoms with van der Waals surface area (Å²) < 4.78 is 11.7. The van der Waals surface area contributed by atoms with E-state index >= 15 is 0 Å². The number of halogens is 1. The molecular formula is C20H21BrN2O3. The molecule has 0 saturated carbocycles. The molecule has 0 saturated heterocycles. The third-order valence-electron chi connectivity index (χ3n) is 3.69. The SMILES string of the molecule is CCCOc1c(Br)cc(C(=O)N(CC#N)Cc2ccccc2)cc1OC. The smallest absolute Gasteiger partial charge is 0.255 e. The van der Waals surface area contributed by atoms with E-state index in [2.05, 4.69) is 22.0 Å². The largest absolute Gasteiger partial charge is 0.493 e. The van der Waals surface area contributed by atoms with Crippen LogP contribution in [0.1, 0.15) is 29.3 Å². The number of carbonyl (C=O) groups excluding carboxylic acids is 1. The van der Waals surface area contributed by atoms with Gasteiger partial charge >= 0.3 is 0 Å². The Morgan fingerprint density at radius 1 is 1.27 bits per heavy atom. The van der Waals surface area contributed by atoms with Crippen LogP contribution in [0.3, 0.4) is 0 Å². The van der Waals surface area contributed by atoms with Crippen LogP contribution in [-0.4, -0.2) is 31.1 Å². The zero-order valence-electron chi connectivity index (χ0n) is 14.9. The van der Waals surface area contributed by atoms with Crippen LogP contribution in [0, 0.1) is 11.3 Å². The van der Waals surface area contributed by atoms with E-state index in [-0.39, 0.29) is 12.5 Å². The van der Waals surface area contributed by atoms with E-state index in [1.54, 1.807) is 12.1 Å². The molecule has 0 bridgehead atoms. The van der Waals surface area contributed by atoms with Gasteiger partial charge in [-0.25, -0.2) is 0 Å². The second-order valence-corrected chi connectivity index (χ2v) is 6.50. The Kier molecular flexibility index (Phi) is 7.49. The number of methoxy groups -OCH3 is 1. The van der Waals surface area contributed by atoms with Crippen LogP contribution in [-0.2, 0) is 6.54 Å². The third-order valence-corrected chi connectivity index (χ3v) is 4.28. The summed E-state index contributed by atoms with van der Waals surface area (Å²) in [7, 11) is 1.53. The van der Waals surface area contributed by atoms with E-state index in [1.165, 1.54) is 12.0 Å². The maximum absolute atomic E-state index is 12.9. The fraction of sp³-hybridized carbons (Fsp3) is 0.300. The summed E-state index contributed by atoms with van der Waals surface area (Å²) in [5, 5.41) is 9.11. The highest BCUT2D eigenvalue weighted by molar-refractivity contribution is 9.10. The van der Waals surface area contributed by atoms with Gasteiger partial charge in [-0.1, -0.05) is 37.3 Å². The third kappa shape index (κ3) is 4.99. The summed E-state index contributed by atoms with van der Waals surface area (Å²) in [4.78, 5) is 14.4. The van der Waals surface area contributed by atoms with E-state index in [9.17, 15) is 4.79 Å². The Morgan fingerprint density at radius 2 is 2.00 bits per heavy atom. The van der Waals surface area contributed by atoms with E-state index in [4.69, 9.17) is 14.7 Å². The molecular weight excluding hydrogens is 396 g/mol. The van der Waals surface area contributed by atoms with Gasteiger partial charge in [0.25, 0.3) is 5.91 Å². The van der Waals surface area contributed by atoms with Crippen LogP contribution in [0.5, 0.6) is 11.5 Å². The Labute approximate surface area is 162 Å². The van der Waals surface area contributed by atoms with Gasteiger partial charge in [0.1, 0.15) is 6.54 Å². The maximum atomic E-state index is 12.9. The lowest BCUT2D eigenvalue weighted by Gasteiger charge is -2.21. The van der Waals surface area contributed by atoms with Crippen LogP contribution in [0.25, 0.3) is 0 Å². The standard InChI is InChI=1S/C20H21BrN2O3/c1-3-11-26-19-17(21)12-16(13-18(19)25-2)20(24)23(10-9-22)14-15-7-5-4-6-8-15/h4-8,12-13H,3,10-11,14H2,1-2H3. The topological polar surface area (TPSA) is 62.6 Å². The normalized spacial score (nSPS) is 10.1. The van der Waals surface area contributed by atoms with Crippen molar-refractivity contribution >= 4 is 21.8 Å². The van der Waals surface area contributed by atoms with E-state index < -0.39 is 0 Å². The van der Waals surface area contributed by atoms with Gasteiger partial charge in [0.05, 0.1) is 24.3 Å². The van der Waals surface area contributed by atoms with Crippen molar-refractivity contribution in [2.24, 2.45) is 0 Å². The van der Waals surface area contributed by atoms with E-state index in [0.29, 0.717) is 34.7 Å². The van der Waals surface area contributed by atoms with E-state index in [1.807, 2.05) is 37.3 Å². The highest BCUT2D eigenvalue weighted by atomic mass is 79.9. The molecule has 26 heavy (non-hydrogen) atoms. The number of hydrogen-bond donors (Lipinski definition) is 0. The molecule has 0 spiro atoms. The molecule has 6 heteroatoms. The number of nitrogens with zero attached hydrogens (tertiary/aromatic N) is 2. The first-order chi connectivity index (χ1) is 12.6. The van der Waals surface area contributed by atoms with Gasteiger partial charge in [-0.3, -0.25) is 4.79 Å². The molecule has 0 atom stereocenters. The molecule has 2 aromatic rings. The number of carbonyl (C=O) groups is 1. The maximum Gasteiger partial charge on any atom is 0.255 e. The quantitative estimate of drug-likeness (QED) is 0.597. The molecule has 0 N–H and O–H groups in total. The minimum Gasteiger partial charge on any atom is -0.493 e. The lowest BCUT2D eigenvalue weighted by Crippen LogP contribution is -2.31. The van der Waals surface area contributed by atoms with Gasteiger partial charge in [0.2, 0.25) is 0 Å². The van der Waals surface area contributed by atoms with Gasteiger partial charge < -0.3 is 14.4 Å². The van der Waals surface area contributed by atoms with E-state index in [0.717, 1.165) is 12.0 Å². The van der Waals surface area contributed by atoms with Crippen LogP contribution >= 0.6 is 15.9 Å². The summed E-state index contributed by atoms with van der Waals surface area (Å²) >= 11 is 3.45. The lowest BCUT2D eigenvalue weighted by molar-refractivity contribution is 0.0764. The fourth-order valence-electron chi connectivity index (χ4n) is 2.46. The van der Waals surface area contributed by atoms with Crippen molar-refractivity contribution in [3.05, 3.63) is 58.1 Å². The molecule has 0 aromatic heterocycles. The van der Waals surface area contributed by atoms with Gasteiger partial charge in [-0.2, -0.15) is 5.26 Å². The van der Waals surface area contributed by atoms with Crippen molar-refractivity contribution < 1.29 is 14.3 Å². The van der Waals surface area contributed by atoms with Gasteiger partial charge in [0.15, 0.2) is 11.5 Å². The minimum absolute atomic E-state index is 0.00173. The van der Waals surface area contributed by atoms with Crippen LogP contribution in [0.2, 0.25) is 0 Å². The number of nitriles is 1. The molecule has 136 valence electrons. The van der Waals surface area contributed by atoms with Crippen molar-refractivity contribution in [2.45, 2.75) is 19.9 Å². The summed E-state index contributed by atoms with van der Waals surface area (Å²) in [6.45, 7) is 2.93. The van der Waals surface area contributed by atoms with Crippen molar-refractivity contribution in [1.29, 1.82) is 5.26 Å². The first-order valence-corrected chi connectivity index (χ1v) is 9.10. The summed E-state index contributed by atoms with van der Waals surface area (Å²) in [6.07, 6.45) is 0.864. The first kappa shape index (κ1) is 19.8. The summed E-state index contributed by atoms with van der Waals surface area (Å²) in [5.74, 6) is 0.810. The zero-order chi connectivity index (χ0) is 18.9. The molecule has 0 heterocycles. The molecule has 0 aliphatic heterocycles. The Bertz CT molecular complexity index is 788. The highest BCUT2D eigenvalue weighted by Crippen LogP contribution is 2.37. The summed E-state index contributed by atoms with van der Waals surface area (Å²) in [5.41, 5.74) is 1.40.